The Labute approximate surface area is 119 Å². The van der Waals surface area contributed by atoms with Gasteiger partial charge in [0.25, 0.3) is 0 Å². The lowest BCUT2D eigenvalue weighted by Crippen LogP contribution is -2.06. The van der Waals surface area contributed by atoms with Crippen molar-refractivity contribution in [3.63, 3.8) is 0 Å². The molecule has 0 bridgehead atoms. The molecule has 0 N–H and O–H groups in total. The first kappa shape index (κ1) is 13.8. The number of benzene rings is 1. The van der Waals surface area contributed by atoms with E-state index in [1.165, 1.54) is 0 Å². The van der Waals surface area contributed by atoms with Crippen molar-refractivity contribution in [3.8, 4) is 0 Å². The lowest BCUT2D eigenvalue weighted by atomic mass is 10.3. The molecule has 0 aliphatic rings. The van der Waals surface area contributed by atoms with E-state index >= 15 is 0 Å². The minimum Gasteiger partial charge on any atom is -0.327 e. The van der Waals surface area contributed by atoms with E-state index in [2.05, 4.69) is 9.55 Å². The summed E-state index contributed by atoms with van der Waals surface area (Å²) in [6.45, 7) is 0.778. The Morgan fingerprint density at radius 3 is 2.89 bits per heavy atom. The zero-order chi connectivity index (χ0) is 13.1. The molecule has 0 spiro atoms. The lowest BCUT2D eigenvalue weighted by molar-refractivity contribution is 0.657. The van der Waals surface area contributed by atoms with Crippen LogP contribution < -0.4 is 0 Å². The van der Waals surface area contributed by atoms with E-state index in [0.717, 1.165) is 29.8 Å². The van der Waals surface area contributed by atoms with Gasteiger partial charge >= 0.3 is 0 Å². The first-order chi connectivity index (χ1) is 8.61. The molecule has 1 heterocycles. The Hall–Kier alpha value is -0.580. The SMILES string of the molecule is CS(=O)CCCn1c(CCl)nc2cc(Cl)ccc21. The average Bonchev–Trinajstić information content (AvgIpc) is 2.66. The third-order valence-corrected chi connectivity index (χ3v) is 4.06. The van der Waals surface area contributed by atoms with E-state index in [1.54, 1.807) is 6.26 Å². The fraction of sp³-hybridized carbons (Fsp3) is 0.417. The Kier molecular flexibility index (Phi) is 4.65. The molecular weight excluding hydrogens is 291 g/mol. The van der Waals surface area contributed by atoms with E-state index in [1.807, 2.05) is 18.2 Å². The predicted octanol–water partition coefficient (Wildman–Crippen LogP) is 3.20. The molecule has 98 valence electrons. The smallest absolute Gasteiger partial charge is 0.124 e. The number of rotatable bonds is 5. The van der Waals surface area contributed by atoms with E-state index in [4.69, 9.17) is 23.2 Å². The standard InChI is InChI=1S/C12H14Cl2N2OS/c1-18(17)6-2-5-16-11-4-3-9(14)7-10(11)15-12(16)8-13/h3-4,7H,2,5-6,8H2,1H3. The second kappa shape index (κ2) is 6.04. The van der Waals surface area contributed by atoms with Gasteiger partial charge in [-0.1, -0.05) is 11.6 Å². The molecule has 0 aliphatic heterocycles. The molecule has 1 aromatic carbocycles. The molecule has 6 heteroatoms. The van der Waals surface area contributed by atoms with Crippen molar-refractivity contribution < 1.29 is 4.21 Å². The Balaban J connectivity index is 2.31. The van der Waals surface area contributed by atoms with E-state index < -0.39 is 10.8 Å². The van der Waals surface area contributed by atoms with Crippen molar-refractivity contribution in [1.82, 2.24) is 9.55 Å². The molecular formula is C12H14Cl2N2OS. The summed E-state index contributed by atoms with van der Waals surface area (Å²) >= 11 is 11.9. The second-order valence-corrected chi connectivity index (χ2v) is 6.34. The zero-order valence-corrected chi connectivity index (χ0v) is 12.4. The van der Waals surface area contributed by atoms with Crippen LogP contribution in [0.15, 0.2) is 18.2 Å². The normalized spacial score (nSPS) is 13.1. The molecule has 0 amide bonds. The fourth-order valence-electron chi connectivity index (χ4n) is 1.93. The molecule has 0 saturated carbocycles. The van der Waals surface area contributed by atoms with Gasteiger partial charge in [0, 0.05) is 34.4 Å². The van der Waals surface area contributed by atoms with Crippen LogP contribution in [-0.2, 0) is 23.2 Å². The summed E-state index contributed by atoms with van der Waals surface area (Å²) in [6, 6.07) is 5.63. The monoisotopic (exact) mass is 304 g/mol. The van der Waals surface area contributed by atoms with E-state index in [-0.39, 0.29) is 0 Å². The highest BCUT2D eigenvalue weighted by Gasteiger charge is 2.10. The van der Waals surface area contributed by atoms with Gasteiger partial charge in [-0.25, -0.2) is 4.98 Å². The molecule has 1 atom stereocenters. The molecule has 0 saturated heterocycles. The van der Waals surface area contributed by atoms with Crippen LogP contribution in [0, 0.1) is 0 Å². The van der Waals surface area contributed by atoms with Gasteiger partial charge in [-0.2, -0.15) is 0 Å². The minimum absolute atomic E-state index is 0.363. The number of aryl methyl sites for hydroxylation is 1. The minimum atomic E-state index is -0.761. The van der Waals surface area contributed by atoms with Crippen LogP contribution in [0.5, 0.6) is 0 Å². The number of hydrogen-bond acceptors (Lipinski definition) is 2. The van der Waals surface area contributed by atoms with Crippen LogP contribution in [0.25, 0.3) is 11.0 Å². The molecule has 1 unspecified atom stereocenters. The van der Waals surface area contributed by atoms with Gasteiger partial charge in [-0.15, -0.1) is 11.6 Å². The molecule has 18 heavy (non-hydrogen) atoms. The molecule has 1 aromatic heterocycles. The van der Waals surface area contributed by atoms with Crippen LogP contribution in [0.1, 0.15) is 12.2 Å². The number of nitrogens with zero attached hydrogens (tertiary/aromatic N) is 2. The predicted molar refractivity (Wildman–Crippen MR) is 77.9 cm³/mol. The largest absolute Gasteiger partial charge is 0.327 e. The van der Waals surface area contributed by atoms with Gasteiger partial charge in [0.05, 0.1) is 16.9 Å². The van der Waals surface area contributed by atoms with E-state index in [9.17, 15) is 4.21 Å². The summed E-state index contributed by atoms with van der Waals surface area (Å²) in [4.78, 5) is 4.46. The van der Waals surface area contributed by atoms with Gasteiger partial charge in [0.15, 0.2) is 0 Å². The third kappa shape index (κ3) is 3.05. The first-order valence-corrected chi connectivity index (χ1v) is 8.26. The highest BCUT2D eigenvalue weighted by Crippen LogP contribution is 2.21. The van der Waals surface area contributed by atoms with Gasteiger partial charge in [-0.05, 0) is 24.6 Å². The number of hydrogen-bond donors (Lipinski definition) is 0. The maximum atomic E-state index is 11.1. The summed E-state index contributed by atoms with van der Waals surface area (Å²) in [6.07, 6.45) is 2.56. The second-order valence-electron chi connectivity index (χ2n) is 4.08. The number of alkyl halides is 1. The number of imidazole rings is 1. The number of halogens is 2. The third-order valence-electron chi connectivity index (χ3n) is 2.72. The van der Waals surface area contributed by atoms with Crippen molar-refractivity contribution in [2.45, 2.75) is 18.8 Å². The molecule has 3 nitrogen and oxygen atoms in total. The molecule has 0 radical (unpaired) electrons. The highest BCUT2D eigenvalue weighted by molar-refractivity contribution is 7.84. The fourth-order valence-corrected chi connectivity index (χ4v) is 2.84. The highest BCUT2D eigenvalue weighted by atomic mass is 35.5. The van der Waals surface area contributed by atoms with E-state index in [0.29, 0.717) is 16.7 Å². The van der Waals surface area contributed by atoms with Crippen molar-refractivity contribution in [2.24, 2.45) is 0 Å². The lowest BCUT2D eigenvalue weighted by Gasteiger charge is -2.06. The zero-order valence-electron chi connectivity index (χ0n) is 10.0. The average molecular weight is 305 g/mol. The molecule has 0 fully saturated rings. The van der Waals surface area contributed by atoms with Gasteiger partial charge < -0.3 is 4.57 Å². The van der Waals surface area contributed by atoms with Crippen molar-refractivity contribution >= 4 is 45.0 Å². The summed E-state index contributed by atoms with van der Waals surface area (Å²) in [5.41, 5.74) is 1.88. The van der Waals surface area contributed by atoms with Crippen molar-refractivity contribution in [3.05, 3.63) is 29.0 Å². The Morgan fingerprint density at radius 1 is 1.44 bits per heavy atom. The van der Waals surface area contributed by atoms with Crippen molar-refractivity contribution in [1.29, 1.82) is 0 Å². The van der Waals surface area contributed by atoms with Gasteiger partial charge in [-0.3, -0.25) is 4.21 Å². The summed E-state index contributed by atoms with van der Waals surface area (Å²) in [5.74, 6) is 1.88. The van der Waals surface area contributed by atoms with Crippen LogP contribution in [0.2, 0.25) is 5.02 Å². The van der Waals surface area contributed by atoms with Crippen molar-refractivity contribution in [2.75, 3.05) is 12.0 Å². The summed E-state index contributed by atoms with van der Waals surface area (Å²) in [5, 5.41) is 0.669. The Morgan fingerprint density at radius 2 is 2.22 bits per heavy atom. The van der Waals surface area contributed by atoms with Crippen LogP contribution in [0.3, 0.4) is 0 Å². The van der Waals surface area contributed by atoms with Crippen LogP contribution in [-0.4, -0.2) is 25.8 Å². The maximum Gasteiger partial charge on any atom is 0.124 e. The van der Waals surface area contributed by atoms with Crippen LogP contribution in [0.4, 0.5) is 0 Å². The molecule has 2 rings (SSSR count). The maximum absolute atomic E-state index is 11.1. The first-order valence-electron chi connectivity index (χ1n) is 5.62. The molecule has 2 aromatic rings. The summed E-state index contributed by atoms with van der Waals surface area (Å²) < 4.78 is 13.2. The van der Waals surface area contributed by atoms with Crippen LogP contribution >= 0.6 is 23.2 Å². The molecule has 0 aliphatic carbocycles. The van der Waals surface area contributed by atoms with Gasteiger partial charge in [0.2, 0.25) is 0 Å². The van der Waals surface area contributed by atoms with Gasteiger partial charge in [0.1, 0.15) is 5.82 Å². The number of aromatic nitrogens is 2. The topological polar surface area (TPSA) is 34.9 Å². The number of fused-ring (bicyclic) bond motifs is 1. The Bertz CT molecular complexity index is 583. The quantitative estimate of drug-likeness (QED) is 0.795. The summed E-state index contributed by atoms with van der Waals surface area (Å²) in [7, 11) is -0.761.